The average molecular weight is 315 g/mol. The van der Waals surface area contributed by atoms with E-state index < -0.39 is 0 Å². The van der Waals surface area contributed by atoms with Crippen LogP contribution in [0.1, 0.15) is 5.56 Å². The molecule has 0 bridgehead atoms. The molecule has 0 aliphatic carbocycles. The molecule has 4 nitrogen and oxygen atoms in total. The van der Waals surface area contributed by atoms with E-state index in [2.05, 4.69) is 15.3 Å². The van der Waals surface area contributed by atoms with Crippen LogP contribution in [0, 0.1) is 0 Å². The van der Waals surface area contributed by atoms with Gasteiger partial charge >= 0.3 is 0 Å². The number of carbonyl (C=O) groups excluding carboxylic acids is 1. The number of amides is 1. The highest BCUT2D eigenvalue weighted by molar-refractivity contribution is 8.00. The van der Waals surface area contributed by atoms with E-state index in [9.17, 15) is 4.79 Å². The van der Waals surface area contributed by atoms with Gasteiger partial charge in [0.15, 0.2) is 0 Å². The van der Waals surface area contributed by atoms with Crippen molar-refractivity contribution in [2.45, 2.75) is 11.6 Å². The molecule has 1 aromatic carbocycles. The largest absolute Gasteiger partial charge is 0.351 e. The summed E-state index contributed by atoms with van der Waals surface area (Å²) >= 11 is 3.02. The molecule has 1 N–H and O–H groups in total. The average Bonchev–Trinajstić information content (AvgIpc) is 3.01. The van der Waals surface area contributed by atoms with Crippen molar-refractivity contribution in [3.05, 3.63) is 53.7 Å². The second kappa shape index (κ2) is 6.69. The molecule has 0 aliphatic heterocycles. The number of thioether (sulfide) groups is 1. The summed E-state index contributed by atoms with van der Waals surface area (Å²) in [4.78, 5) is 21.3. The number of hydrogen-bond donors (Lipinski definition) is 1. The van der Waals surface area contributed by atoms with Gasteiger partial charge in [-0.15, -0.1) is 11.3 Å². The Morgan fingerprint density at radius 2 is 2.05 bits per heavy atom. The van der Waals surface area contributed by atoms with Crippen molar-refractivity contribution in [2.75, 3.05) is 5.75 Å². The molecule has 0 unspecified atom stereocenters. The molecule has 6 heteroatoms. The smallest absolute Gasteiger partial charge is 0.230 e. The predicted molar refractivity (Wildman–Crippen MR) is 86.4 cm³/mol. The highest BCUT2D eigenvalue weighted by Crippen LogP contribution is 2.27. The fourth-order valence-corrected chi connectivity index (χ4v) is 3.47. The quantitative estimate of drug-likeness (QED) is 0.580. The maximum absolute atomic E-state index is 11.9. The van der Waals surface area contributed by atoms with E-state index in [1.807, 2.05) is 41.8 Å². The van der Waals surface area contributed by atoms with Crippen LogP contribution in [0.5, 0.6) is 0 Å². The van der Waals surface area contributed by atoms with Gasteiger partial charge in [-0.1, -0.05) is 42.1 Å². The van der Waals surface area contributed by atoms with Crippen LogP contribution in [-0.4, -0.2) is 21.6 Å². The summed E-state index contributed by atoms with van der Waals surface area (Å²) in [6.07, 6.45) is 1.54. The fraction of sp³-hybridized carbons (Fsp3) is 0.133. The first-order chi connectivity index (χ1) is 10.3. The van der Waals surface area contributed by atoms with E-state index in [-0.39, 0.29) is 5.91 Å². The summed E-state index contributed by atoms with van der Waals surface area (Å²) < 4.78 is 0. The number of fused-ring (bicyclic) bond motifs is 1. The Bertz CT molecular complexity index is 743. The molecule has 0 saturated heterocycles. The molecule has 3 aromatic rings. The Hall–Kier alpha value is -1.92. The molecule has 0 atom stereocenters. The van der Waals surface area contributed by atoms with Gasteiger partial charge in [0.05, 0.1) is 5.75 Å². The van der Waals surface area contributed by atoms with Crippen LogP contribution < -0.4 is 5.32 Å². The van der Waals surface area contributed by atoms with Crippen molar-refractivity contribution >= 4 is 39.2 Å². The summed E-state index contributed by atoms with van der Waals surface area (Å²) in [5.74, 6) is 0.361. The van der Waals surface area contributed by atoms with E-state index in [0.29, 0.717) is 12.3 Å². The molecule has 0 aliphatic rings. The summed E-state index contributed by atoms with van der Waals surface area (Å²) in [7, 11) is 0. The third-order valence-corrected chi connectivity index (χ3v) is 4.72. The fourth-order valence-electron chi connectivity index (χ4n) is 1.86. The van der Waals surface area contributed by atoms with Gasteiger partial charge in [0.2, 0.25) is 5.91 Å². The number of rotatable bonds is 5. The first kappa shape index (κ1) is 14.0. The number of nitrogens with zero attached hydrogens (tertiary/aromatic N) is 2. The zero-order valence-electron chi connectivity index (χ0n) is 11.2. The van der Waals surface area contributed by atoms with Gasteiger partial charge in [-0.3, -0.25) is 4.79 Å². The van der Waals surface area contributed by atoms with E-state index in [4.69, 9.17) is 0 Å². The topological polar surface area (TPSA) is 54.9 Å². The van der Waals surface area contributed by atoms with Crippen LogP contribution in [-0.2, 0) is 11.3 Å². The van der Waals surface area contributed by atoms with Crippen molar-refractivity contribution in [2.24, 2.45) is 0 Å². The molecule has 0 radical (unpaired) electrons. The van der Waals surface area contributed by atoms with Gasteiger partial charge in [0, 0.05) is 11.9 Å². The molecule has 0 saturated carbocycles. The maximum Gasteiger partial charge on any atom is 0.230 e. The van der Waals surface area contributed by atoms with Crippen LogP contribution in [0.3, 0.4) is 0 Å². The number of carbonyl (C=O) groups is 1. The molecule has 2 aromatic heterocycles. The number of benzene rings is 1. The van der Waals surface area contributed by atoms with Crippen molar-refractivity contribution in [1.29, 1.82) is 0 Å². The Labute approximate surface area is 130 Å². The molecule has 0 spiro atoms. The van der Waals surface area contributed by atoms with Crippen molar-refractivity contribution in [3.8, 4) is 0 Å². The van der Waals surface area contributed by atoms with E-state index in [1.54, 1.807) is 17.7 Å². The zero-order chi connectivity index (χ0) is 14.5. The maximum atomic E-state index is 11.9. The minimum absolute atomic E-state index is 0.00541. The highest BCUT2D eigenvalue weighted by atomic mass is 32.2. The van der Waals surface area contributed by atoms with Crippen LogP contribution >= 0.6 is 23.1 Å². The van der Waals surface area contributed by atoms with Gasteiger partial charge in [0.1, 0.15) is 16.2 Å². The standard InChI is InChI=1S/C15H13N3OS2/c19-13(16-8-11-4-2-1-3-5-11)9-21-15-12-6-7-20-14(12)17-10-18-15/h1-7,10H,8-9H2,(H,16,19). The van der Waals surface area contributed by atoms with Gasteiger partial charge < -0.3 is 5.32 Å². The molecule has 106 valence electrons. The number of hydrogen-bond acceptors (Lipinski definition) is 5. The lowest BCUT2D eigenvalue weighted by molar-refractivity contribution is -0.118. The minimum atomic E-state index is 0.00541. The summed E-state index contributed by atoms with van der Waals surface area (Å²) in [6.45, 7) is 0.553. The Kier molecular flexibility index (Phi) is 4.47. The second-order valence-electron chi connectivity index (χ2n) is 4.37. The van der Waals surface area contributed by atoms with E-state index in [0.717, 1.165) is 20.8 Å². The van der Waals surface area contributed by atoms with Gasteiger partial charge in [-0.25, -0.2) is 9.97 Å². The summed E-state index contributed by atoms with van der Waals surface area (Å²) in [5.41, 5.74) is 1.10. The third kappa shape index (κ3) is 3.59. The Morgan fingerprint density at radius 1 is 1.19 bits per heavy atom. The lowest BCUT2D eigenvalue weighted by Gasteiger charge is -2.05. The molecule has 2 heterocycles. The Morgan fingerprint density at radius 3 is 2.90 bits per heavy atom. The molecule has 3 rings (SSSR count). The summed E-state index contributed by atoms with van der Waals surface area (Å²) in [6, 6.07) is 11.9. The van der Waals surface area contributed by atoms with Crippen LogP contribution in [0.15, 0.2) is 53.1 Å². The normalized spacial score (nSPS) is 10.7. The third-order valence-electron chi connectivity index (χ3n) is 2.90. The van der Waals surface area contributed by atoms with E-state index in [1.165, 1.54) is 11.8 Å². The molecule has 0 fully saturated rings. The van der Waals surface area contributed by atoms with E-state index >= 15 is 0 Å². The molecular formula is C15H13N3OS2. The second-order valence-corrected chi connectivity index (χ2v) is 6.23. The number of aromatic nitrogens is 2. The van der Waals surface area contributed by atoms with Gasteiger partial charge in [-0.05, 0) is 17.0 Å². The molecular weight excluding hydrogens is 302 g/mol. The van der Waals surface area contributed by atoms with Crippen LogP contribution in [0.25, 0.3) is 10.2 Å². The lowest BCUT2D eigenvalue weighted by atomic mass is 10.2. The molecule has 1 amide bonds. The number of nitrogens with one attached hydrogen (secondary N) is 1. The van der Waals surface area contributed by atoms with Crippen molar-refractivity contribution < 1.29 is 4.79 Å². The van der Waals surface area contributed by atoms with Gasteiger partial charge in [0.25, 0.3) is 0 Å². The Balaban J connectivity index is 1.55. The predicted octanol–water partition coefficient (Wildman–Crippen LogP) is 3.10. The van der Waals surface area contributed by atoms with Crippen molar-refractivity contribution in [1.82, 2.24) is 15.3 Å². The number of thiophene rings is 1. The summed E-state index contributed by atoms with van der Waals surface area (Å²) in [5, 5.41) is 6.77. The first-order valence-corrected chi connectivity index (χ1v) is 8.31. The molecule has 21 heavy (non-hydrogen) atoms. The SMILES string of the molecule is O=C(CSc1ncnc2sccc12)NCc1ccccc1. The lowest BCUT2D eigenvalue weighted by Crippen LogP contribution is -2.24. The first-order valence-electron chi connectivity index (χ1n) is 6.44. The van der Waals surface area contributed by atoms with Crippen molar-refractivity contribution in [3.63, 3.8) is 0 Å². The van der Waals surface area contributed by atoms with Crippen LogP contribution in [0.2, 0.25) is 0 Å². The zero-order valence-corrected chi connectivity index (χ0v) is 12.8. The minimum Gasteiger partial charge on any atom is -0.351 e. The monoisotopic (exact) mass is 315 g/mol. The van der Waals surface area contributed by atoms with Gasteiger partial charge in [-0.2, -0.15) is 0 Å². The highest BCUT2D eigenvalue weighted by Gasteiger charge is 2.08. The van der Waals surface area contributed by atoms with Crippen LogP contribution in [0.4, 0.5) is 0 Å².